The van der Waals surface area contributed by atoms with Crippen LogP contribution >= 0.6 is 0 Å². The molecule has 0 radical (unpaired) electrons. The van der Waals surface area contributed by atoms with E-state index in [4.69, 9.17) is 20.7 Å². The van der Waals surface area contributed by atoms with Gasteiger partial charge in [0.25, 0.3) is 0 Å². The average molecular weight is 500 g/mol. The number of ether oxygens (including phenoxy) is 1. The molecule has 2 aliphatic heterocycles. The van der Waals surface area contributed by atoms with Gasteiger partial charge in [0.05, 0.1) is 18.3 Å². The van der Waals surface area contributed by atoms with Crippen LogP contribution in [0.25, 0.3) is 0 Å². The van der Waals surface area contributed by atoms with Gasteiger partial charge in [0.15, 0.2) is 11.8 Å². The van der Waals surface area contributed by atoms with Crippen molar-refractivity contribution in [2.24, 2.45) is 10.9 Å². The van der Waals surface area contributed by atoms with Crippen molar-refractivity contribution in [3.63, 3.8) is 0 Å². The van der Waals surface area contributed by atoms with Gasteiger partial charge in [-0.15, -0.1) is 0 Å². The van der Waals surface area contributed by atoms with E-state index in [0.29, 0.717) is 19.4 Å². The summed E-state index contributed by atoms with van der Waals surface area (Å²) in [6.07, 6.45) is 1.58. The number of hydrogen-bond donors (Lipinski definition) is 3. The first-order valence-corrected chi connectivity index (χ1v) is 12.2. The minimum atomic E-state index is -4.60. The number of unbranched alkanes of at least 4 members (excludes halogenated alkanes) is 6. The summed E-state index contributed by atoms with van der Waals surface area (Å²) in [4.78, 5) is 8.56. The van der Waals surface area contributed by atoms with Crippen LogP contribution in [0.15, 0.2) is 23.4 Å². The van der Waals surface area contributed by atoms with Gasteiger partial charge >= 0.3 is 6.18 Å². The fourth-order valence-corrected chi connectivity index (χ4v) is 4.59. The van der Waals surface area contributed by atoms with Crippen LogP contribution in [0, 0.1) is 5.41 Å². The van der Waals surface area contributed by atoms with Crippen molar-refractivity contribution in [1.29, 1.82) is 5.41 Å². The third kappa shape index (κ3) is 6.50. The number of likely N-dealkylation sites (tertiary alicyclic amines) is 1. The van der Waals surface area contributed by atoms with Gasteiger partial charge in [-0.1, -0.05) is 50.6 Å². The SMILES string of the molecule is CCCCCCCCCOc1ccc(C2=NOC([C@@H]3[C@@H](O)CCN3C(=N)N)N2C)cc1C(F)(F)F. The summed E-state index contributed by atoms with van der Waals surface area (Å²) in [6.45, 7) is 2.76. The Bertz CT molecular complexity index is 896. The molecule has 4 N–H and O–H groups in total. The van der Waals surface area contributed by atoms with Crippen molar-refractivity contribution in [3.05, 3.63) is 29.3 Å². The number of amidine groups is 1. The zero-order chi connectivity index (χ0) is 25.6. The van der Waals surface area contributed by atoms with Crippen LogP contribution in [-0.2, 0) is 11.0 Å². The summed E-state index contributed by atoms with van der Waals surface area (Å²) in [6, 6.07) is 3.18. The maximum atomic E-state index is 13.8. The minimum Gasteiger partial charge on any atom is -0.493 e. The van der Waals surface area contributed by atoms with Gasteiger partial charge < -0.3 is 30.2 Å². The minimum absolute atomic E-state index is 0.196. The smallest absolute Gasteiger partial charge is 0.419 e. The first kappa shape index (κ1) is 26.9. The van der Waals surface area contributed by atoms with E-state index in [9.17, 15) is 18.3 Å². The number of rotatable bonds is 11. The van der Waals surface area contributed by atoms with E-state index in [1.165, 1.54) is 36.3 Å². The number of benzene rings is 1. The molecular formula is C24H36F3N5O3. The van der Waals surface area contributed by atoms with Crippen molar-refractivity contribution in [1.82, 2.24) is 9.80 Å². The Balaban J connectivity index is 1.66. The number of oxime groups is 1. The van der Waals surface area contributed by atoms with Crippen molar-refractivity contribution >= 4 is 11.8 Å². The van der Waals surface area contributed by atoms with E-state index in [0.717, 1.165) is 25.3 Å². The average Bonchev–Trinajstić information content (AvgIpc) is 3.37. The zero-order valence-corrected chi connectivity index (χ0v) is 20.4. The summed E-state index contributed by atoms with van der Waals surface area (Å²) in [5, 5.41) is 22.1. The van der Waals surface area contributed by atoms with E-state index in [1.54, 1.807) is 11.9 Å². The Morgan fingerprint density at radius 3 is 2.57 bits per heavy atom. The Labute approximate surface area is 204 Å². The molecule has 0 spiro atoms. The molecule has 196 valence electrons. The number of aliphatic hydroxyl groups excluding tert-OH is 1. The molecule has 1 aromatic rings. The van der Waals surface area contributed by atoms with E-state index in [1.807, 2.05) is 0 Å². The molecule has 1 aromatic carbocycles. The molecule has 35 heavy (non-hydrogen) atoms. The zero-order valence-electron chi connectivity index (χ0n) is 20.4. The topological polar surface area (TPSA) is 107 Å². The van der Waals surface area contributed by atoms with Crippen molar-refractivity contribution in [2.45, 2.75) is 82.8 Å². The number of halogens is 3. The summed E-state index contributed by atoms with van der Waals surface area (Å²) in [5.74, 6) is -0.222. The maximum absolute atomic E-state index is 13.8. The first-order chi connectivity index (χ1) is 16.6. The number of nitrogens with one attached hydrogen (secondary N) is 1. The molecular weight excluding hydrogens is 463 g/mol. The number of aliphatic hydroxyl groups is 1. The molecule has 3 rings (SSSR count). The second kappa shape index (κ2) is 11.8. The highest BCUT2D eigenvalue weighted by atomic mass is 19.4. The lowest BCUT2D eigenvalue weighted by Crippen LogP contribution is -2.54. The van der Waals surface area contributed by atoms with Crippen LogP contribution < -0.4 is 10.5 Å². The number of nitrogens with zero attached hydrogens (tertiary/aromatic N) is 3. The van der Waals surface area contributed by atoms with Crippen LogP contribution in [0.1, 0.15) is 69.4 Å². The number of alkyl halides is 3. The standard InChI is InChI=1S/C24H36F3N5O3/c1-3-4-5-6-7-8-9-14-34-19-11-10-16(15-17(19)24(25,26)27)21-30-35-22(31(21)2)20-18(33)12-13-32(20)23(28)29/h10-11,15,18,20,22,33H,3-9,12-14H2,1-2H3,(H3,28,29)/t18-,20-,22?/m0/s1. The third-order valence-electron chi connectivity index (χ3n) is 6.53. The third-order valence-corrected chi connectivity index (χ3v) is 6.53. The van der Waals surface area contributed by atoms with E-state index in [2.05, 4.69) is 12.1 Å². The summed E-state index contributed by atoms with van der Waals surface area (Å²) >= 11 is 0. The molecule has 1 saturated heterocycles. The van der Waals surface area contributed by atoms with E-state index < -0.39 is 30.1 Å². The molecule has 0 aromatic heterocycles. The Morgan fingerprint density at radius 1 is 1.23 bits per heavy atom. The summed E-state index contributed by atoms with van der Waals surface area (Å²) in [7, 11) is 1.62. The fourth-order valence-electron chi connectivity index (χ4n) is 4.59. The quantitative estimate of drug-likeness (QED) is 0.240. The normalized spacial score (nSPS) is 22.3. The largest absolute Gasteiger partial charge is 0.493 e. The summed E-state index contributed by atoms with van der Waals surface area (Å²) < 4.78 is 47.0. The Kier molecular flexibility index (Phi) is 9.09. The van der Waals surface area contributed by atoms with Gasteiger partial charge in [0, 0.05) is 19.2 Å². The lowest BCUT2D eigenvalue weighted by Gasteiger charge is -2.33. The van der Waals surface area contributed by atoms with E-state index >= 15 is 0 Å². The molecule has 1 unspecified atom stereocenters. The Morgan fingerprint density at radius 2 is 1.91 bits per heavy atom. The fraction of sp³-hybridized carbons (Fsp3) is 0.667. The molecule has 0 aliphatic carbocycles. The number of guanidine groups is 1. The predicted molar refractivity (Wildman–Crippen MR) is 127 cm³/mol. The van der Waals surface area contributed by atoms with Gasteiger partial charge in [-0.3, -0.25) is 5.41 Å². The van der Waals surface area contributed by atoms with Crippen LogP contribution in [0.4, 0.5) is 13.2 Å². The molecule has 0 saturated carbocycles. The monoisotopic (exact) mass is 499 g/mol. The lowest BCUT2D eigenvalue weighted by molar-refractivity contribution is -0.139. The highest BCUT2D eigenvalue weighted by Crippen LogP contribution is 2.38. The second-order valence-corrected chi connectivity index (χ2v) is 9.13. The van der Waals surface area contributed by atoms with Crippen molar-refractivity contribution < 1.29 is 27.9 Å². The van der Waals surface area contributed by atoms with Crippen LogP contribution in [0.2, 0.25) is 0 Å². The lowest BCUT2D eigenvalue weighted by atomic mass is 10.1. The molecule has 0 bridgehead atoms. The van der Waals surface area contributed by atoms with Crippen LogP contribution in [-0.4, -0.2) is 65.3 Å². The van der Waals surface area contributed by atoms with Crippen LogP contribution in [0.5, 0.6) is 5.75 Å². The molecule has 2 aliphatic rings. The van der Waals surface area contributed by atoms with Gasteiger partial charge in [-0.25, -0.2) is 0 Å². The first-order valence-electron chi connectivity index (χ1n) is 12.2. The highest BCUT2D eigenvalue weighted by Gasteiger charge is 2.46. The number of nitrogens with two attached hydrogens (primary N) is 1. The molecule has 8 nitrogen and oxygen atoms in total. The van der Waals surface area contributed by atoms with Gasteiger partial charge in [0.2, 0.25) is 6.23 Å². The molecule has 0 amide bonds. The number of likely N-dealkylation sites (N-methyl/N-ethyl adjacent to an activating group) is 1. The van der Waals surface area contributed by atoms with Gasteiger partial charge in [-0.2, -0.15) is 13.2 Å². The predicted octanol–water partition coefficient (Wildman–Crippen LogP) is 4.11. The molecule has 11 heteroatoms. The molecule has 3 atom stereocenters. The van der Waals surface area contributed by atoms with Crippen molar-refractivity contribution in [3.8, 4) is 5.75 Å². The Hall–Kier alpha value is -2.69. The number of hydrogen-bond acceptors (Lipinski definition) is 6. The summed E-state index contributed by atoms with van der Waals surface area (Å²) in [5.41, 5.74) is 4.97. The van der Waals surface area contributed by atoms with Crippen LogP contribution in [0.3, 0.4) is 0 Å². The van der Waals surface area contributed by atoms with Gasteiger partial charge in [-0.05, 0) is 31.0 Å². The molecule has 1 fully saturated rings. The second-order valence-electron chi connectivity index (χ2n) is 9.13. The van der Waals surface area contributed by atoms with E-state index in [-0.39, 0.29) is 29.7 Å². The van der Waals surface area contributed by atoms with Crippen molar-refractivity contribution in [2.75, 3.05) is 20.2 Å². The maximum Gasteiger partial charge on any atom is 0.419 e. The highest BCUT2D eigenvalue weighted by molar-refractivity contribution is 5.99. The van der Waals surface area contributed by atoms with Gasteiger partial charge in [0.1, 0.15) is 11.8 Å². The molecule has 2 heterocycles.